The summed E-state index contributed by atoms with van der Waals surface area (Å²) in [7, 11) is 3.07. The highest BCUT2D eigenvalue weighted by Crippen LogP contribution is 2.32. The van der Waals surface area contributed by atoms with Crippen LogP contribution in [0.2, 0.25) is 0 Å². The first kappa shape index (κ1) is 21.5. The summed E-state index contributed by atoms with van der Waals surface area (Å²) in [5.74, 6) is 0.394. The maximum absolute atomic E-state index is 14.2. The highest BCUT2D eigenvalue weighted by Gasteiger charge is 2.24. The Balaban J connectivity index is 1.68. The van der Waals surface area contributed by atoms with Gasteiger partial charge < -0.3 is 14.2 Å². The number of thiazole rings is 1. The van der Waals surface area contributed by atoms with Gasteiger partial charge in [0, 0.05) is 37.8 Å². The number of fused-ring (bicyclic) bond motifs is 1. The van der Waals surface area contributed by atoms with Crippen LogP contribution in [-0.2, 0) is 4.74 Å². The number of para-hydroxylation sites is 1. The maximum atomic E-state index is 14.2. The Morgan fingerprint density at radius 3 is 2.55 bits per heavy atom. The molecule has 0 radical (unpaired) electrons. The van der Waals surface area contributed by atoms with E-state index in [1.807, 2.05) is 0 Å². The fourth-order valence-electron chi connectivity index (χ4n) is 3.46. The summed E-state index contributed by atoms with van der Waals surface area (Å²) in [6.07, 6.45) is 0. The normalized spacial score (nSPS) is 14.5. The minimum atomic E-state index is -0.399. The number of benzene rings is 2. The predicted molar refractivity (Wildman–Crippen MR) is 118 cm³/mol. The van der Waals surface area contributed by atoms with Gasteiger partial charge in [-0.2, -0.15) is 0 Å². The second-order valence-electron chi connectivity index (χ2n) is 7.10. The molecule has 164 valence electrons. The Morgan fingerprint density at radius 1 is 1.19 bits per heavy atom. The number of hydrogen-bond acceptors (Lipinski definition) is 7. The molecule has 2 heterocycles. The third kappa shape index (κ3) is 4.79. The molecule has 0 saturated carbocycles. The number of amides is 1. The van der Waals surface area contributed by atoms with E-state index in [2.05, 4.69) is 9.88 Å². The molecule has 0 unspecified atom stereocenters. The van der Waals surface area contributed by atoms with Gasteiger partial charge in [-0.05, 0) is 24.3 Å². The third-order valence-electron chi connectivity index (χ3n) is 5.18. The number of carbonyl (C=O) groups excluding carboxylic acids is 1. The fourth-order valence-corrected chi connectivity index (χ4v) is 4.46. The van der Waals surface area contributed by atoms with Gasteiger partial charge in [0.05, 0.1) is 32.1 Å². The molecule has 0 aliphatic carbocycles. The Labute approximate surface area is 183 Å². The number of aromatic nitrogens is 1. The number of morpholine rings is 1. The van der Waals surface area contributed by atoms with E-state index in [0.29, 0.717) is 53.2 Å². The number of methoxy groups -OCH3 is 2. The van der Waals surface area contributed by atoms with Gasteiger partial charge in [-0.25, -0.2) is 9.37 Å². The topological polar surface area (TPSA) is 64.1 Å². The van der Waals surface area contributed by atoms with Crippen LogP contribution in [0.3, 0.4) is 0 Å². The zero-order chi connectivity index (χ0) is 21.8. The smallest absolute Gasteiger partial charge is 0.260 e. The maximum Gasteiger partial charge on any atom is 0.260 e. The van der Waals surface area contributed by atoms with Crippen molar-refractivity contribution in [3.8, 4) is 11.5 Å². The summed E-state index contributed by atoms with van der Waals surface area (Å²) >= 11 is 1.30. The van der Waals surface area contributed by atoms with Gasteiger partial charge in [0.1, 0.15) is 22.8 Å². The van der Waals surface area contributed by atoms with Crippen LogP contribution in [0, 0.1) is 5.82 Å². The fraction of sp³-hybridized carbons (Fsp3) is 0.364. The minimum absolute atomic E-state index is 0.245. The molecule has 1 fully saturated rings. The summed E-state index contributed by atoms with van der Waals surface area (Å²) in [6.45, 7) is 4.04. The molecule has 0 atom stereocenters. The number of anilines is 1. The van der Waals surface area contributed by atoms with Gasteiger partial charge in [0.25, 0.3) is 5.91 Å². The number of hydrogen-bond donors (Lipinski definition) is 0. The molecule has 0 N–H and O–H groups in total. The van der Waals surface area contributed by atoms with Crippen LogP contribution in [0.5, 0.6) is 11.5 Å². The molecule has 7 nitrogen and oxygen atoms in total. The van der Waals surface area contributed by atoms with E-state index in [9.17, 15) is 9.18 Å². The van der Waals surface area contributed by atoms with Crippen LogP contribution in [0.4, 0.5) is 9.52 Å². The lowest BCUT2D eigenvalue weighted by molar-refractivity contribution is 0.0391. The molecular weight excluding hydrogens is 421 g/mol. The summed E-state index contributed by atoms with van der Waals surface area (Å²) in [4.78, 5) is 21.9. The van der Waals surface area contributed by atoms with E-state index in [-0.39, 0.29) is 11.4 Å². The van der Waals surface area contributed by atoms with E-state index in [0.717, 1.165) is 13.1 Å². The zero-order valence-electron chi connectivity index (χ0n) is 17.5. The second-order valence-corrected chi connectivity index (χ2v) is 8.10. The molecule has 1 saturated heterocycles. The molecule has 9 heteroatoms. The number of halogens is 1. The van der Waals surface area contributed by atoms with Crippen molar-refractivity contribution >= 4 is 32.6 Å². The largest absolute Gasteiger partial charge is 0.497 e. The summed E-state index contributed by atoms with van der Waals surface area (Å²) < 4.78 is 31.0. The molecule has 1 aromatic heterocycles. The van der Waals surface area contributed by atoms with E-state index >= 15 is 0 Å². The van der Waals surface area contributed by atoms with E-state index in [1.54, 1.807) is 35.2 Å². The van der Waals surface area contributed by atoms with Gasteiger partial charge >= 0.3 is 0 Å². The first-order chi connectivity index (χ1) is 15.1. The van der Waals surface area contributed by atoms with Crippen LogP contribution < -0.4 is 14.4 Å². The van der Waals surface area contributed by atoms with E-state index < -0.39 is 5.82 Å². The predicted octanol–water partition coefficient (Wildman–Crippen LogP) is 3.43. The van der Waals surface area contributed by atoms with Crippen molar-refractivity contribution in [3.05, 3.63) is 47.8 Å². The first-order valence-electron chi connectivity index (χ1n) is 9.99. The van der Waals surface area contributed by atoms with Crippen molar-refractivity contribution in [1.29, 1.82) is 0 Å². The van der Waals surface area contributed by atoms with Crippen molar-refractivity contribution in [1.82, 2.24) is 9.88 Å². The molecule has 1 aliphatic heterocycles. The quantitative estimate of drug-likeness (QED) is 0.555. The van der Waals surface area contributed by atoms with Crippen LogP contribution in [0.1, 0.15) is 10.4 Å². The monoisotopic (exact) mass is 445 g/mol. The van der Waals surface area contributed by atoms with E-state index in [1.165, 1.54) is 31.6 Å². The summed E-state index contributed by atoms with van der Waals surface area (Å²) in [5, 5.41) is 0.458. The standard InChI is InChI=1S/C22H24FN3O4S/c1-28-16-12-15(13-17(14-16)29-2)21(27)26(7-6-25-8-10-30-11-9-25)22-24-20-18(23)4-3-5-19(20)31-22/h3-5,12-14H,6-11H2,1-2H3. The Bertz CT molecular complexity index is 1050. The molecule has 1 aliphatic rings. The third-order valence-corrected chi connectivity index (χ3v) is 6.22. The number of rotatable bonds is 7. The van der Waals surface area contributed by atoms with Crippen LogP contribution >= 0.6 is 11.3 Å². The van der Waals surface area contributed by atoms with Crippen molar-refractivity contribution in [3.63, 3.8) is 0 Å². The van der Waals surface area contributed by atoms with Crippen LogP contribution in [-0.4, -0.2) is 69.4 Å². The van der Waals surface area contributed by atoms with Crippen LogP contribution in [0.25, 0.3) is 10.2 Å². The van der Waals surface area contributed by atoms with Crippen molar-refractivity contribution in [2.45, 2.75) is 0 Å². The SMILES string of the molecule is COc1cc(OC)cc(C(=O)N(CCN2CCOCC2)c2nc3c(F)cccc3s2)c1. The molecule has 2 aromatic carbocycles. The molecule has 4 rings (SSSR count). The Kier molecular flexibility index (Phi) is 6.64. The van der Waals surface area contributed by atoms with Crippen LogP contribution in [0.15, 0.2) is 36.4 Å². The highest BCUT2D eigenvalue weighted by molar-refractivity contribution is 7.22. The van der Waals surface area contributed by atoms with Gasteiger partial charge in [-0.1, -0.05) is 17.4 Å². The lowest BCUT2D eigenvalue weighted by Gasteiger charge is -2.29. The lowest BCUT2D eigenvalue weighted by atomic mass is 10.1. The number of ether oxygens (including phenoxy) is 3. The van der Waals surface area contributed by atoms with E-state index in [4.69, 9.17) is 14.2 Å². The Morgan fingerprint density at radius 2 is 1.90 bits per heavy atom. The van der Waals surface area contributed by atoms with Crippen molar-refractivity contribution < 1.29 is 23.4 Å². The van der Waals surface area contributed by atoms with Crippen molar-refractivity contribution in [2.24, 2.45) is 0 Å². The average molecular weight is 446 g/mol. The minimum Gasteiger partial charge on any atom is -0.497 e. The van der Waals surface area contributed by atoms with Gasteiger partial charge in [-0.3, -0.25) is 14.6 Å². The molecular formula is C22H24FN3O4S. The summed E-state index contributed by atoms with van der Waals surface area (Å²) in [5.41, 5.74) is 0.688. The average Bonchev–Trinajstić information content (AvgIpc) is 3.24. The zero-order valence-corrected chi connectivity index (χ0v) is 18.3. The second kappa shape index (κ2) is 9.59. The molecule has 0 spiro atoms. The molecule has 0 bridgehead atoms. The van der Waals surface area contributed by atoms with Gasteiger partial charge in [0.15, 0.2) is 5.13 Å². The lowest BCUT2D eigenvalue weighted by Crippen LogP contribution is -2.43. The summed E-state index contributed by atoms with van der Waals surface area (Å²) in [6, 6.07) is 9.87. The molecule has 1 amide bonds. The first-order valence-corrected chi connectivity index (χ1v) is 10.8. The van der Waals surface area contributed by atoms with Crippen molar-refractivity contribution in [2.75, 3.05) is 58.5 Å². The highest BCUT2D eigenvalue weighted by atomic mass is 32.1. The van der Waals surface area contributed by atoms with Gasteiger partial charge in [-0.15, -0.1) is 0 Å². The molecule has 31 heavy (non-hydrogen) atoms. The molecule has 3 aromatic rings. The number of nitrogens with zero attached hydrogens (tertiary/aromatic N) is 3. The van der Waals surface area contributed by atoms with Gasteiger partial charge in [0.2, 0.25) is 0 Å². The Hall–Kier alpha value is -2.75. The number of carbonyl (C=O) groups is 1.